The largest absolute Gasteiger partial charge is 0.330 e. The van der Waals surface area contributed by atoms with E-state index in [0.717, 1.165) is 25.8 Å². The molecule has 3 nitrogen and oxygen atoms in total. The summed E-state index contributed by atoms with van der Waals surface area (Å²) in [5.74, 6) is 0.454. The lowest BCUT2D eigenvalue weighted by atomic mass is 9.95. The Bertz CT molecular complexity index is 437. The van der Waals surface area contributed by atoms with Crippen molar-refractivity contribution in [3.8, 4) is 0 Å². The molecule has 0 spiro atoms. The first-order chi connectivity index (χ1) is 7.95. The van der Waals surface area contributed by atoms with Crippen LogP contribution in [0.3, 0.4) is 0 Å². The van der Waals surface area contributed by atoms with Crippen molar-refractivity contribution in [2.75, 3.05) is 12.8 Å². The molecule has 0 aliphatic carbocycles. The highest BCUT2D eigenvalue weighted by molar-refractivity contribution is 7.90. The van der Waals surface area contributed by atoms with Gasteiger partial charge in [-0.2, -0.15) is 0 Å². The van der Waals surface area contributed by atoms with Gasteiger partial charge in [-0.1, -0.05) is 25.5 Å². The molecule has 0 aliphatic heterocycles. The second-order valence-electron chi connectivity index (χ2n) is 4.53. The van der Waals surface area contributed by atoms with Gasteiger partial charge in [0.15, 0.2) is 9.84 Å². The molecular weight excluding hydrogens is 234 g/mol. The van der Waals surface area contributed by atoms with Crippen molar-refractivity contribution in [2.24, 2.45) is 5.73 Å². The van der Waals surface area contributed by atoms with Crippen molar-refractivity contribution < 1.29 is 8.42 Å². The molecule has 1 rings (SSSR count). The van der Waals surface area contributed by atoms with E-state index in [-0.39, 0.29) is 0 Å². The Balaban J connectivity index is 2.67. The Morgan fingerprint density at radius 1 is 1.18 bits per heavy atom. The van der Waals surface area contributed by atoms with Crippen molar-refractivity contribution >= 4 is 9.84 Å². The Morgan fingerprint density at radius 2 is 1.76 bits per heavy atom. The highest BCUT2D eigenvalue weighted by Crippen LogP contribution is 2.22. The number of hydrogen-bond acceptors (Lipinski definition) is 3. The molecule has 1 unspecified atom stereocenters. The molecule has 0 saturated carbocycles. The van der Waals surface area contributed by atoms with Gasteiger partial charge in [0.25, 0.3) is 0 Å². The maximum Gasteiger partial charge on any atom is 0.175 e. The van der Waals surface area contributed by atoms with Crippen LogP contribution in [0.25, 0.3) is 0 Å². The van der Waals surface area contributed by atoms with E-state index in [4.69, 9.17) is 5.73 Å². The summed E-state index contributed by atoms with van der Waals surface area (Å²) in [6.45, 7) is 2.89. The van der Waals surface area contributed by atoms with Crippen molar-refractivity contribution in [1.82, 2.24) is 0 Å². The van der Waals surface area contributed by atoms with E-state index in [1.165, 1.54) is 11.8 Å². The van der Waals surface area contributed by atoms with Gasteiger partial charge >= 0.3 is 0 Å². The molecule has 0 radical (unpaired) electrons. The zero-order valence-corrected chi connectivity index (χ0v) is 11.3. The fourth-order valence-corrected chi connectivity index (χ4v) is 2.44. The summed E-state index contributed by atoms with van der Waals surface area (Å²) in [5.41, 5.74) is 6.64. The molecular formula is C13H21NO2S. The van der Waals surface area contributed by atoms with E-state index >= 15 is 0 Å². The Labute approximate surface area is 104 Å². The van der Waals surface area contributed by atoms with Crippen LogP contribution in [0.4, 0.5) is 0 Å². The number of benzene rings is 1. The molecule has 4 heteroatoms. The van der Waals surface area contributed by atoms with Gasteiger partial charge in [0.05, 0.1) is 4.90 Å². The molecule has 0 aromatic heterocycles. The number of unbranched alkanes of at least 4 members (excludes halogenated alkanes) is 1. The quantitative estimate of drug-likeness (QED) is 0.794. The molecule has 0 bridgehead atoms. The highest BCUT2D eigenvalue weighted by Gasteiger charge is 2.09. The molecule has 0 aliphatic rings. The number of hydrogen-bond donors (Lipinski definition) is 1. The molecule has 1 aromatic carbocycles. The molecule has 1 aromatic rings. The molecule has 0 saturated heterocycles. The summed E-state index contributed by atoms with van der Waals surface area (Å²) in [7, 11) is -3.08. The summed E-state index contributed by atoms with van der Waals surface area (Å²) in [5, 5.41) is 0. The minimum absolute atomic E-state index is 0.385. The Kier molecular flexibility index (Phi) is 5.15. The third-order valence-electron chi connectivity index (χ3n) is 2.97. The van der Waals surface area contributed by atoms with Gasteiger partial charge in [0.1, 0.15) is 0 Å². The zero-order valence-electron chi connectivity index (χ0n) is 10.5. The van der Waals surface area contributed by atoms with Crippen molar-refractivity contribution in [3.63, 3.8) is 0 Å². The van der Waals surface area contributed by atoms with Crippen LogP contribution in [-0.2, 0) is 9.84 Å². The number of rotatable bonds is 6. The minimum Gasteiger partial charge on any atom is -0.330 e. The number of sulfone groups is 1. The molecule has 1 atom stereocenters. The van der Waals surface area contributed by atoms with Crippen molar-refractivity contribution in [3.05, 3.63) is 29.8 Å². The van der Waals surface area contributed by atoms with Gasteiger partial charge < -0.3 is 5.73 Å². The van der Waals surface area contributed by atoms with Crippen LogP contribution < -0.4 is 5.73 Å². The first-order valence-electron chi connectivity index (χ1n) is 5.95. The maximum absolute atomic E-state index is 11.3. The average Bonchev–Trinajstić information content (AvgIpc) is 2.28. The summed E-state index contributed by atoms with van der Waals surface area (Å²) < 4.78 is 22.6. The third-order valence-corrected chi connectivity index (χ3v) is 4.10. The molecule has 17 heavy (non-hydrogen) atoms. The topological polar surface area (TPSA) is 60.2 Å². The van der Waals surface area contributed by atoms with Crippen LogP contribution in [0.15, 0.2) is 29.2 Å². The van der Waals surface area contributed by atoms with Gasteiger partial charge in [-0.3, -0.25) is 0 Å². The third kappa shape index (κ3) is 4.48. The van der Waals surface area contributed by atoms with Crippen LogP contribution in [-0.4, -0.2) is 21.2 Å². The van der Waals surface area contributed by atoms with Gasteiger partial charge in [-0.05, 0) is 43.0 Å². The molecule has 0 amide bonds. The van der Waals surface area contributed by atoms with Gasteiger partial charge in [-0.25, -0.2) is 8.42 Å². The van der Waals surface area contributed by atoms with Crippen LogP contribution >= 0.6 is 0 Å². The Hall–Kier alpha value is -0.870. The predicted molar refractivity (Wildman–Crippen MR) is 70.9 cm³/mol. The predicted octanol–water partition coefficient (Wildman–Crippen LogP) is 2.32. The van der Waals surface area contributed by atoms with Gasteiger partial charge in [0.2, 0.25) is 0 Å². The van der Waals surface area contributed by atoms with E-state index in [1.54, 1.807) is 12.1 Å². The number of nitrogens with two attached hydrogens (primary N) is 1. The monoisotopic (exact) mass is 255 g/mol. The first-order valence-corrected chi connectivity index (χ1v) is 7.84. The van der Waals surface area contributed by atoms with E-state index < -0.39 is 9.84 Å². The fourth-order valence-electron chi connectivity index (χ4n) is 1.81. The lowest BCUT2D eigenvalue weighted by Gasteiger charge is -2.11. The summed E-state index contributed by atoms with van der Waals surface area (Å²) in [6, 6.07) is 7.18. The van der Waals surface area contributed by atoms with E-state index in [9.17, 15) is 8.42 Å². The summed E-state index contributed by atoms with van der Waals surface area (Å²) in [6.07, 6.45) is 4.49. The van der Waals surface area contributed by atoms with Gasteiger partial charge in [0, 0.05) is 6.26 Å². The molecule has 2 N–H and O–H groups in total. The second-order valence-corrected chi connectivity index (χ2v) is 6.54. The summed E-state index contributed by atoms with van der Waals surface area (Å²) in [4.78, 5) is 0.385. The van der Waals surface area contributed by atoms with Crippen molar-refractivity contribution in [2.45, 2.75) is 37.0 Å². The van der Waals surface area contributed by atoms with Gasteiger partial charge in [-0.15, -0.1) is 0 Å². The normalized spacial score (nSPS) is 13.6. The minimum atomic E-state index is -3.08. The highest BCUT2D eigenvalue weighted by atomic mass is 32.2. The lowest BCUT2D eigenvalue weighted by molar-refractivity contribution is 0.600. The SMILES string of the molecule is CC(CCCCN)c1ccc(S(C)(=O)=O)cc1. The van der Waals surface area contributed by atoms with E-state index in [0.29, 0.717) is 10.8 Å². The fraction of sp³-hybridized carbons (Fsp3) is 0.538. The van der Waals surface area contributed by atoms with Crippen molar-refractivity contribution in [1.29, 1.82) is 0 Å². The average molecular weight is 255 g/mol. The van der Waals surface area contributed by atoms with E-state index in [1.807, 2.05) is 12.1 Å². The Morgan fingerprint density at radius 3 is 2.24 bits per heavy atom. The second kappa shape index (κ2) is 6.17. The summed E-state index contributed by atoms with van der Waals surface area (Å²) >= 11 is 0. The molecule has 96 valence electrons. The van der Waals surface area contributed by atoms with E-state index in [2.05, 4.69) is 6.92 Å². The zero-order chi connectivity index (χ0) is 12.9. The lowest BCUT2D eigenvalue weighted by Crippen LogP contribution is -2.01. The molecule has 0 fully saturated rings. The van der Waals surface area contributed by atoms with Crippen LogP contribution in [0, 0.1) is 0 Å². The smallest absolute Gasteiger partial charge is 0.175 e. The first kappa shape index (κ1) is 14.2. The standard InChI is InChI=1S/C13H21NO2S/c1-11(5-3-4-10-14)12-6-8-13(9-7-12)17(2,15)16/h6-9,11H,3-5,10,14H2,1-2H3. The van der Waals surface area contributed by atoms with Crippen LogP contribution in [0.1, 0.15) is 37.7 Å². The molecule has 0 heterocycles. The van der Waals surface area contributed by atoms with Crippen LogP contribution in [0.2, 0.25) is 0 Å². The van der Waals surface area contributed by atoms with Crippen LogP contribution in [0.5, 0.6) is 0 Å². The maximum atomic E-state index is 11.3.